The van der Waals surface area contributed by atoms with Crippen LogP contribution < -0.4 is 0 Å². The number of fused-ring (bicyclic) bond motifs is 4. The lowest BCUT2D eigenvalue weighted by atomic mass is 9.99. The van der Waals surface area contributed by atoms with E-state index >= 15 is 0 Å². The molecule has 0 amide bonds. The number of aliphatic hydroxyl groups is 2. The van der Waals surface area contributed by atoms with Crippen LogP contribution in [-0.4, -0.2) is 88.5 Å². The molecule has 4 aliphatic rings. The Labute approximate surface area is 277 Å². The van der Waals surface area contributed by atoms with Gasteiger partial charge in [-0.3, -0.25) is 13.9 Å². The minimum Gasteiger partial charge on any atom is -0.461 e. The molecule has 4 saturated heterocycles. The van der Waals surface area contributed by atoms with Crippen molar-refractivity contribution >= 4 is 30.2 Å². The van der Waals surface area contributed by atoms with Crippen LogP contribution in [0.2, 0.25) is 0 Å². The number of nitrogens with zero attached hydrogens (tertiary/aromatic N) is 6. The number of carbonyl (C=O) groups is 1. The molecule has 8 heterocycles. The lowest BCUT2D eigenvalue weighted by Crippen LogP contribution is -2.50. The zero-order chi connectivity index (χ0) is 32.9. The third kappa shape index (κ3) is 5.72. The lowest BCUT2D eigenvalue weighted by Gasteiger charge is -2.36. The number of ketones is 1. The first-order valence-corrected chi connectivity index (χ1v) is 15.7. The van der Waals surface area contributed by atoms with E-state index in [0.29, 0.717) is 58.8 Å². The number of aromatic nitrogens is 6. The highest BCUT2D eigenvalue weighted by Gasteiger charge is 2.53. The molecule has 0 aliphatic carbocycles. The number of rotatable bonds is 8. The number of furan rings is 2. The topological polar surface area (TPSA) is 166 Å². The van der Waals surface area contributed by atoms with Crippen molar-refractivity contribution in [3.05, 3.63) is 71.6 Å². The molecular weight excluding hydrogens is 652 g/mol. The van der Waals surface area contributed by atoms with Crippen molar-refractivity contribution in [2.45, 2.75) is 68.6 Å². The molecule has 4 aromatic rings. The average Bonchev–Trinajstić information content (AvgIpc) is 3.89. The minimum atomic E-state index is -2.08. The van der Waals surface area contributed by atoms with Gasteiger partial charge in [0, 0.05) is 25.9 Å². The summed E-state index contributed by atoms with van der Waals surface area (Å²) in [5.74, 6) is 0.169. The third-order valence-corrected chi connectivity index (χ3v) is 9.16. The maximum atomic E-state index is 12.0. The van der Waals surface area contributed by atoms with Gasteiger partial charge in [0.25, 0.3) is 0 Å². The van der Waals surface area contributed by atoms with Crippen molar-refractivity contribution in [3.63, 3.8) is 0 Å². The number of ether oxygens (including phenoxy) is 4. The number of Topliss-reactive ketones (excluding diaryl/α,β-unsaturated/α-hetero) is 1. The van der Waals surface area contributed by atoms with Gasteiger partial charge in [-0.2, -0.15) is 0 Å². The molecule has 15 nitrogen and oxygen atoms in total. The fourth-order valence-electron chi connectivity index (χ4n) is 6.13. The van der Waals surface area contributed by atoms with Gasteiger partial charge in [-0.25, -0.2) is 9.36 Å². The SMILES string of the molecule is C=CCn1c(-c2ccco2)nn([C@@H]2CC(=O)[C@H]3OC[C@@H]2O3)c1=S.C=CCn1c(-c2ccco2)nn([C@@H]2CC(O)(O)[C@H]3OC[C@@H]2O3)c1=S. The van der Waals surface area contributed by atoms with E-state index in [1.54, 1.807) is 56.8 Å². The van der Waals surface area contributed by atoms with Gasteiger partial charge < -0.3 is 38.0 Å². The second-order valence-corrected chi connectivity index (χ2v) is 12.2. The van der Waals surface area contributed by atoms with Crippen molar-refractivity contribution in [1.82, 2.24) is 28.7 Å². The van der Waals surface area contributed by atoms with E-state index in [1.807, 2.05) is 10.6 Å². The Morgan fingerprint density at radius 2 is 1.43 bits per heavy atom. The van der Waals surface area contributed by atoms with E-state index in [0.717, 1.165) is 0 Å². The zero-order valence-electron chi connectivity index (χ0n) is 25.0. The van der Waals surface area contributed by atoms with Gasteiger partial charge >= 0.3 is 0 Å². The van der Waals surface area contributed by atoms with Crippen LogP contribution in [0.25, 0.3) is 23.2 Å². The van der Waals surface area contributed by atoms with E-state index in [9.17, 15) is 15.0 Å². The van der Waals surface area contributed by atoms with Gasteiger partial charge in [-0.15, -0.1) is 23.4 Å². The van der Waals surface area contributed by atoms with Crippen LogP contribution >= 0.6 is 24.4 Å². The van der Waals surface area contributed by atoms with Crippen molar-refractivity contribution in [2.75, 3.05) is 13.2 Å². The van der Waals surface area contributed by atoms with Crippen LogP contribution in [0.4, 0.5) is 0 Å². The fraction of sp³-hybridized carbons (Fsp3) is 0.433. The minimum absolute atomic E-state index is 0.0132. The fourth-order valence-corrected chi connectivity index (χ4v) is 6.81. The van der Waals surface area contributed by atoms with E-state index < -0.39 is 24.4 Å². The molecule has 8 rings (SSSR count). The van der Waals surface area contributed by atoms with Crippen molar-refractivity contribution in [3.8, 4) is 23.2 Å². The summed E-state index contributed by atoms with van der Waals surface area (Å²) < 4.78 is 40.5. The molecule has 4 aromatic heterocycles. The maximum absolute atomic E-state index is 12.0. The molecule has 17 heteroatoms. The van der Waals surface area contributed by atoms with E-state index in [-0.39, 0.29) is 37.1 Å². The zero-order valence-corrected chi connectivity index (χ0v) is 26.6. The molecule has 248 valence electrons. The standard InChI is InChI=1S/C15H17N3O5S.C15H15N3O4S/c1-2-5-17-12(10-4-3-6-21-10)16-18(14(17)24)9-7-15(19,20)13-22-8-11(9)23-13;1-2-5-17-13(11-4-3-6-20-11)16-18(15(17)23)9-7-10(19)14-21-8-12(9)22-14/h2-4,6,9,11,13,19-20H,1,5,7-8H2;2-4,6,9,12,14H,1,5,7-8H2/t9-,11+,13+;9-,12+,14+/m11/s1. The first kappa shape index (κ1) is 31.8. The van der Waals surface area contributed by atoms with Crippen LogP contribution in [0.15, 0.2) is 70.9 Å². The summed E-state index contributed by atoms with van der Waals surface area (Å²) in [6, 6.07) is 6.44. The molecule has 4 bridgehead atoms. The maximum Gasteiger partial charge on any atom is 0.218 e. The molecule has 47 heavy (non-hydrogen) atoms. The monoisotopic (exact) mass is 684 g/mol. The average molecular weight is 685 g/mol. The summed E-state index contributed by atoms with van der Waals surface area (Å²) in [6.07, 6.45) is 4.57. The van der Waals surface area contributed by atoms with Crippen LogP contribution in [0, 0.1) is 9.54 Å². The Morgan fingerprint density at radius 3 is 1.98 bits per heavy atom. The Bertz CT molecular complexity index is 1890. The first-order valence-electron chi connectivity index (χ1n) is 14.9. The quantitative estimate of drug-likeness (QED) is 0.158. The highest BCUT2D eigenvalue weighted by molar-refractivity contribution is 7.71. The second kappa shape index (κ2) is 12.7. The number of allylic oxidation sites excluding steroid dienone is 2. The van der Waals surface area contributed by atoms with Crippen LogP contribution in [0.5, 0.6) is 0 Å². The molecule has 4 aliphatic heterocycles. The van der Waals surface area contributed by atoms with Crippen molar-refractivity contribution in [1.29, 1.82) is 0 Å². The molecule has 0 aromatic carbocycles. The summed E-state index contributed by atoms with van der Waals surface area (Å²) in [4.78, 5) is 12.0. The smallest absolute Gasteiger partial charge is 0.218 e. The van der Waals surface area contributed by atoms with Crippen LogP contribution in [0.3, 0.4) is 0 Å². The largest absolute Gasteiger partial charge is 0.461 e. The molecule has 4 fully saturated rings. The highest BCUT2D eigenvalue weighted by Crippen LogP contribution is 2.40. The first-order chi connectivity index (χ1) is 22.7. The molecule has 0 radical (unpaired) electrons. The summed E-state index contributed by atoms with van der Waals surface area (Å²) in [5.41, 5.74) is 0. The second-order valence-electron chi connectivity index (χ2n) is 11.4. The highest BCUT2D eigenvalue weighted by atomic mass is 32.1. The summed E-state index contributed by atoms with van der Waals surface area (Å²) in [5, 5.41) is 29.4. The van der Waals surface area contributed by atoms with E-state index in [2.05, 4.69) is 23.4 Å². The van der Waals surface area contributed by atoms with Gasteiger partial charge in [0.2, 0.25) is 18.4 Å². The summed E-state index contributed by atoms with van der Waals surface area (Å²) >= 11 is 11.1. The molecule has 2 N–H and O–H groups in total. The predicted octanol–water partition coefficient (Wildman–Crippen LogP) is 3.34. The molecule has 0 saturated carbocycles. The Hall–Kier alpha value is -3.81. The molecular formula is C30H32N6O9S2. The van der Waals surface area contributed by atoms with Gasteiger partial charge in [0.1, 0.15) is 12.2 Å². The van der Waals surface area contributed by atoms with Crippen molar-refractivity contribution in [2.24, 2.45) is 0 Å². The van der Waals surface area contributed by atoms with Gasteiger partial charge in [0.15, 0.2) is 38.5 Å². The van der Waals surface area contributed by atoms with Crippen LogP contribution in [-0.2, 0) is 36.8 Å². The Balaban J connectivity index is 0.000000150. The molecule has 0 unspecified atom stereocenters. The predicted molar refractivity (Wildman–Crippen MR) is 167 cm³/mol. The molecule has 6 atom stereocenters. The van der Waals surface area contributed by atoms with E-state index in [4.69, 9.17) is 52.2 Å². The number of hydrogen-bond acceptors (Lipinski definition) is 13. The Morgan fingerprint density at radius 1 is 0.872 bits per heavy atom. The van der Waals surface area contributed by atoms with Gasteiger partial charge in [-0.1, -0.05) is 12.2 Å². The normalized spacial score (nSPS) is 27.4. The third-order valence-electron chi connectivity index (χ3n) is 8.34. The number of carbonyl (C=O) groups excluding carboxylic acids is 1. The Kier molecular flexibility index (Phi) is 8.56. The van der Waals surface area contributed by atoms with Crippen LogP contribution in [0.1, 0.15) is 24.9 Å². The molecule has 0 spiro atoms. The number of hydrogen-bond donors (Lipinski definition) is 2. The summed E-state index contributed by atoms with van der Waals surface area (Å²) in [6.45, 7) is 9.08. The van der Waals surface area contributed by atoms with Crippen molar-refractivity contribution < 1.29 is 42.8 Å². The van der Waals surface area contributed by atoms with Gasteiger partial charge in [0.05, 0.1) is 37.8 Å². The summed E-state index contributed by atoms with van der Waals surface area (Å²) in [7, 11) is 0. The van der Waals surface area contributed by atoms with Gasteiger partial charge in [-0.05, 0) is 48.7 Å². The van der Waals surface area contributed by atoms with E-state index in [1.165, 1.54) is 0 Å². The lowest BCUT2D eigenvalue weighted by molar-refractivity contribution is -0.315.